The highest BCUT2D eigenvalue weighted by atomic mass is 16.5. The highest BCUT2D eigenvalue weighted by Gasteiger charge is 2.43. The van der Waals surface area contributed by atoms with Crippen LogP contribution in [0.2, 0.25) is 0 Å². The van der Waals surface area contributed by atoms with Crippen molar-refractivity contribution in [3.63, 3.8) is 0 Å². The number of fused-ring (bicyclic) bond motifs is 2. The Morgan fingerprint density at radius 1 is 0.898 bits per heavy atom. The van der Waals surface area contributed by atoms with Crippen molar-refractivity contribution in [1.82, 2.24) is 15.1 Å². The van der Waals surface area contributed by atoms with E-state index in [9.17, 15) is 14.4 Å². The summed E-state index contributed by atoms with van der Waals surface area (Å²) in [5.74, 6) is 0.719. The highest BCUT2D eigenvalue weighted by Crippen LogP contribution is 2.38. The summed E-state index contributed by atoms with van der Waals surface area (Å²) < 4.78 is 11.4. The third-order valence-corrected chi connectivity index (χ3v) is 10.2. The Morgan fingerprint density at radius 3 is 2.33 bits per heavy atom. The van der Waals surface area contributed by atoms with E-state index in [1.54, 1.807) is 6.92 Å². The van der Waals surface area contributed by atoms with Crippen molar-refractivity contribution in [1.29, 1.82) is 0 Å². The molecule has 0 radical (unpaired) electrons. The van der Waals surface area contributed by atoms with Gasteiger partial charge in [0.2, 0.25) is 5.91 Å². The van der Waals surface area contributed by atoms with E-state index in [1.165, 1.54) is 29.2 Å². The molecule has 258 valence electrons. The molecule has 2 aliphatic heterocycles. The molecule has 0 unspecified atom stereocenters. The fourth-order valence-electron chi connectivity index (χ4n) is 7.28. The summed E-state index contributed by atoms with van der Waals surface area (Å²) >= 11 is 0. The zero-order chi connectivity index (χ0) is 34.7. The zero-order valence-corrected chi connectivity index (χ0v) is 29.5. The SMILES string of the molecule is CC(=O)OCCc1ccccc1CN(C(=O)C1=C(c2ccc(CCOc3cc(C)cc(C)c3C)cc2)C[C@@H]2CN(C(C)=O)C[C@H]1N2)C1CC1. The van der Waals surface area contributed by atoms with Crippen LogP contribution in [-0.2, 0) is 38.5 Å². The minimum Gasteiger partial charge on any atom is -0.493 e. The molecule has 3 aliphatic rings. The lowest BCUT2D eigenvalue weighted by molar-refractivity contribution is -0.140. The van der Waals surface area contributed by atoms with Gasteiger partial charge in [0.15, 0.2) is 0 Å². The Bertz CT molecular complexity index is 1740. The molecular weight excluding hydrogens is 614 g/mol. The van der Waals surface area contributed by atoms with Crippen LogP contribution in [0.1, 0.15) is 72.1 Å². The second-order valence-electron chi connectivity index (χ2n) is 14.0. The lowest BCUT2D eigenvalue weighted by Gasteiger charge is -2.44. The molecular formula is C41H49N3O5. The Kier molecular flexibility index (Phi) is 10.5. The van der Waals surface area contributed by atoms with Crippen molar-refractivity contribution >= 4 is 23.4 Å². The molecule has 1 aliphatic carbocycles. The first-order valence-electron chi connectivity index (χ1n) is 17.6. The maximum absolute atomic E-state index is 14.8. The third-order valence-electron chi connectivity index (χ3n) is 10.2. The summed E-state index contributed by atoms with van der Waals surface area (Å²) in [5.41, 5.74) is 9.83. The average Bonchev–Trinajstić information content (AvgIpc) is 3.91. The van der Waals surface area contributed by atoms with Gasteiger partial charge >= 0.3 is 5.97 Å². The molecule has 2 fully saturated rings. The summed E-state index contributed by atoms with van der Waals surface area (Å²) in [5, 5.41) is 3.70. The van der Waals surface area contributed by atoms with E-state index in [0.29, 0.717) is 45.7 Å². The molecule has 8 nitrogen and oxygen atoms in total. The average molecular weight is 664 g/mol. The molecule has 49 heavy (non-hydrogen) atoms. The van der Waals surface area contributed by atoms with Crippen molar-refractivity contribution < 1.29 is 23.9 Å². The number of hydrogen-bond donors (Lipinski definition) is 1. The number of amides is 2. The van der Waals surface area contributed by atoms with Crippen molar-refractivity contribution in [2.45, 2.75) is 91.4 Å². The number of esters is 1. The molecule has 2 atom stereocenters. The van der Waals surface area contributed by atoms with Gasteiger partial charge in [0.25, 0.3) is 5.91 Å². The second-order valence-corrected chi connectivity index (χ2v) is 14.0. The van der Waals surface area contributed by atoms with Gasteiger partial charge in [0.05, 0.1) is 19.3 Å². The van der Waals surface area contributed by atoms with E-state index in [4.69, 9.17) is 9.47 Å². The van der Waals surface area contributed by atoms with Crippen LogP contribution in [0, 0.1) is 20.8 Å². The van der Waals surface area contributed by atoms with Gasteiger partial charge in [-0.2, -0.15) is 0 Å². The van der Waals surface area contributed by atoms with Gasteiger partial charge in [-0.1, -0.05) is 54.6 Å². The van der Waals surface area contributed by atoms with Crippen LogP contribution >= 0.6 is 0 Å². The topological polar surface area (TPSA) is 88.2 Å². The molecule has 2 amide bonds. The van der Waals surface area contributed by atoms with Crippen LogP contribution in [0.5, 0.6) is 5.75 Å². The number of aryl methyl sites for hydroxylation is 2. The summed E-state index contributed by atoms with van der Waals surface area (Å²) in [7, 11) is 0. The Morgan fingerprint density at radius 2 is 1.63 bits per heavy atom. The van der Waals surface area contributed by atoms with Gasteiger partial charge in [0.1, 0.15) is 5.75 Å². The summed E-state index contributed by atoms with van der Waals surface area (Å²) in [6.45, 7) is 11.8. The van der Waals surface area contributed by atoms with E-state index >= 15 is 0 Å². The molecule has 2 bridgehead atoms. The second kappa shape index (κ2) is 15.0. The molecule has 2 heterocycles. The van der Waals surface area contributed by atoms with Gasteiger partial charge in [0, 0.05) is 64.0 Å². The van der Waals surface area contributed by atoms with Crippen LogP contribution in [0.3, 0.4) is 0 Å². The normalized spacial score (nSPS) is 18.7. The van der Waals surface area contributed by atoms with E-state index in [-0.39, 0.29) is 35.9 Å². The van der Waals surface area contributed by atoms with E-state index in [1.807, 2.05) is 28.0 Å². The summed E-state index contributed by atoms with van der Waals surface area (Å²) in [6.07, 6.45) is 4.00. The highest BCUT2D eigenvalue weighted by molar-refractivity contribution is 6.03. The first kappa shape index (κ1) is 34.4. The van der Waals surface area contributed by atoms with Crippen LogP contribution in [0.4, 0.5) is 0 Å². The fraction of sp³-hybridized carbons (Fsp3) is 0.439. The predicted octanol–water partition coefficient (Wildman–Crippen LogP) is 5.88. The lowest BCUT2D eigenvalue weighted by atomic mass is 9.82. The Labute approximate surface area is 290 Å². The molecule has 3 aromatic rings. The van der Waals surface area contributed by atoms with Crippen LogP contribution in [0.25, 0.3) is 5.57 Å². The van der Waals surface area contributed by atoms with Crippen LogP contribution in [0.15, 0.2) is 66.2 Å². The number of ether oxygens (including phenoxy) is 2. The van der Waals surface area contributed by atoms with Crippen molar-refractivity contribution in [2.75, 3.05) is 26.3 Å². The zero-order valence-electron chi connectivity index (χ0n) is 29.5. The standard InChI is InChI=1S/C41H49N3O5/c1-26-20-27(2)28(3)39(21-26)49-18-16-31-10-12-33(13-11-31)37-22-35-24-43(29(4)45)25-38(42-35)40(37)41(47)44(36-14-15-36)23-34-9-7-6-8-32(34)17-19-48-30(5)46/h6-13,20-21,35-36,38,42H,14-19,22-25H2,1-5H3/t35-,38-/m1/s1. The van der Waals surface area contributed by atoms with E-state index in [0.717, 1.165) is 52.8 Å². The minimum absolute atomic E-state index is 0.0370. The molecule has 3 aromatic carbocycles. The monoisotopic (exact) mass is 663 g/mol. The quantitative estimate of drug-likeness (QED) is 0.244. The largest absolute Gasteiger partial charge is 0.493 e. The van der Waals surface area contributed by atoms with Gasteiger partial charge in [-0.05, 0) is 90.6 Å². The number of nitrogens with one attached hydrogen (secondary N) is 1. The molecule has 6 rings (SSSR count). The fourth-order valence-corrected chi connectivity index (χ4v) is 7.28. The lowest BCUT2D eigenvalue weighted by Crippen LogP contribution is -2.61. The van der Waals surface area contributed by atoms with Crippen molar-refractivity contribution in [3.05, 3.63) is 105 Å². The van der Waals surface area contributed by atoms with Crippen LogP contribution < -0.4 is 10.1 Å². The van der Waals surface area contributed by atoms with Gasteiger partial charge in [-0.3, -0.25) is 14.4 Å². The number of nitrogens with zero attached hydrogens (tertiary/aromatic N) is 2. The number of piperazine rings is 1. The molecule has 0 spiro atoms. The Balaban J connectivity index is 1.26. The predicted molar refractivity (Wildman–Crippen MR) is 191 cm³/mol. The van der Waals surface area contributed by atoms with E-state index < -0.39 is 0 Å². The van der Waals surface area contributed by atoms with Crippen LogP contribution in [-0.4, -0.2) is 72.0 Å². The van der Waals surface area contributed by atoms with Crippen molar-refractivity contribution in [2.24, 2.45) is 0 Å². The maximum Gasteiger partial charge on any atom is 0.302 e. The smallest absolute Gasteiger partial charge is 0.302 e. The molecule has 0 aromatic heterocycles. The number of hydrogen-bond acceptors (Lipinski definition) is 6. The van der Waals surface area contributed by atoms with Gasteiger partial charge in [-0.25, -0.2) is 0 Å². The minimum atomic E-state index is -0.296. The van der Waals surface area contributed by atoms with Gasteiger partial charge in [-0.15, -0.1) is 0 Å². The summed E-state index contributed by atoms with van der Waals surface area (Å²) in [6, 6.07) is 21.0. The number of carbonyl (C=O) groups excluding carboxylic acids is 3. The summed E-state index contributed by atoms with van der Waals surface area (Å²) in [4.78, 5) is 42.7. The molecule has 1 saturated heterocycles. The molecule has 1 saturated carbocycles. The number of benzene rings is 3. The number of rotatable bonds is 12. The third kappa shape index (κ3) is 8.24. The van der Waals surface area contributed by atoms with Crippen molar-refractivity contribution in [3.8, 4) is 5.75 Å². The van der Waals surface area contributed by atoms with E-state index in [2.05, 4.69) is 68.6 Å². The Hall–Kier alpha value is -4.43. The first-order chi connectivity index (χ1) is 23.6. The first-order valence-corrected chi connectivity index (χ1v) is 17.6. The van der Waals surface area contributed by atoms with Gasteiger partial charge < -0.3 is 24.6 Å². The number of carbonyl (C=O) groups is 3. The molecule has 1 N–H and O–H groups in total. The maximum atomic E-state index is 14.8. The molecule has 8 heteroatoms.